The first-order valence-corrected chi connectivity index (χ1v) is 3.49. The molecule has 0 bridgehead atoms. The fourth-order valence-corrected chi connectivity index (χ4v) is 1.11. The molecular formula is C8H10N2O4. The lowest BCUT2D eigenvalue weighted by atomic mass is 10.2. The number of para-hydroxylation sites is 1. The van der Waals surface area contributed by atoms with Gasteiger partial charge < -0.3 is 15.9 Å². The molecule has 14 heavy (non-hydrogen) atoms. The molecule has 1 aromatic heterocycles. The minimum absolute atomic E-state index is 0. The Labute approximate surface area is 77.8 Å². The van der Waals surface area contributed by atoms with Crippen molar-refractivity contribution in [2.75, 3.05) is 0 Å². The molecule has 6 nitrogen and oxygen atoms in total. The van der Waals surface area contributed by atoms with Crippen LogP contribution in [0.5, 0.6) is 0 Å². The summed E-state index contributed by atoms with van der Waals surface area (Å²) >= 11 is 0. The molecule has 6 N–H and O–H groups in total. The maximum Gasteiger partial charge on any atom is 0.326 e. The molecule has 0 saturated heterocycles. The van der Waals surface area contributed by atoms with Crippen molar-refractivity contribution in [3.8, 4) is 0 Å². The number of H-pyrrole nitrogens is 2. The molecule has 6 heteroatoms. The zero-order valence-corrected chi connectivity index (χ0v) is 7.13. The van der Waals surface area contributed by atoms with Crippen LogP contribution >= 0.6 is 0 Å². The van der Waals surface area contributed by atoms with E-state index in [1.807, 2.05) is 0 Å². The molecule has 76 valence electrons. The van der Waals surface area contributed by atoms with Crippen LogP contribution in [0.15, 0.2) is 33.9 Å². The third-order valence-electron chi connectivity index (χ3n) is 1.65. The van der Waals surface area contributed by atoms with E-state index in [0.717, 1.165) is 0 Å². The predicted octanol–water partition coefficient (Wildman–Crippen LogP) is -1.43. The van der Waals surface area contributed by atoms with Crippen molar-refractivity contribution in [1.82, 2.24) is 9.97 Å². The minimum atomic E-state index is -0.473. The van der Waals surface area contributed by atoms with Gasteiger partial charge in [0.1, 0.15) is 0 Å². The van der Waals surface area contributed by atoms with E-state index in [0.29, 0.717) is 10.9 Å². The minimum Gasteiger partial charge on any atom is -0.412 e. The van der Waals surface area contributed by atoms with Crippen molar-refractivity contribution in [2.24, 2.45) is 0 Å². The van der Waals surface area contributed by atoms with Crippen LogP contribution < -0.4 is 11.2 Å². The molecular weight excluding hydrogens is 188 g/mol. The Balaban J connectivity index is 0.000000845. The lowest BCUT2D eigenvalue weighted by Crippen LogP contribution is -2.21. The maximum absolute atomic E-state index is 11.1. The number of aromatic amines is 2. The van der Waals surface area contributed by atoms with E-state index in [4.69, 9.17) is 0 Å². The Morgan fingerprint density at radius 1 is 0.929 bits per heavy atom. The van der Waals surface area contributed by atoms with E-state index >= 15 is 0 Å². The second-order valence-corrected chi connectivity index (χ2v) is 2.45. The molecule has 2 aromatic rings. The van der Waals surface area contributed by atoms with Gasteiger partial charge in [-0.25, -0.2) is 4.79 Å². The smallest absolute Gasteiger partial charge is 0.326 e. The topological polar surface area (TPSA) is 129 Å². The van der Waals surface area contributed by atoms with Crippen LogP contribution in [0, 0.1) is 0 Å². The van der Waals surface area contributed by atoms with Crippen LogP contribution in [-0.4, -0.2) is 20.9 Å². The molecule has 1 aromatic carbocycles. The highest BCUT2D eigenvalue weighted by Crippen LogP contribution is 2.01. The van der Waals surface area contributed by atoms with Gasteiger partial charge in [0.05, 0.1) is 10.9 Å². The lowest BCUT2D eigenvalue weighted by Gasteiger charge is -1.92. The highest BCUT2D eigenvalue weighted by Gasteiger charge is 1.96. The van der Waals surface area contributed by atoms with Gasteiger partial charge in [0, 0.05) is 0 Å². The van der Waals surface area contributed by atoms with Gasteiger partial charge in [-0.2, -0.15) is 0 Å². The number of aromatic nitrogens is 2. The Morgan fingerprint density at radius 3 is 2.29 bits per heavy atom. The van der Waals surface area contributed by atoms with Crippen molar-refractivity contribution in [3.63, 3.8) is 0 Å². The largest absolute Gasteiger partial charge is 0.412 e. The normalized spacial score (nSPS) is 8.86. The van der Waals surface area contributed by atoms with Crippen LogP contribution in [0.1, 0.15) is 0 Å². The highest BCUT2D eigenvalue weighted by molar-refractivity contribution is 5.76. The molecule has 0 amide bonds. The number of hydrogen-bond acceptors (Lipinski definition) is 2. The predicted molar refractivity (Wildman–Crippen MR) is 52.4 cm³/mol. The first-order valence-electron chi connectivity index (χ1n) is 3.49. The second-order valence-electron chi connectivity index (χ2n) is 2.45. The van der Waals surface area contributed by atoms with Gasteiger partial charge in [-0.1, -0.05) is 12.1 Å². The summed E-state index contributed by atoms with van der Waals surface area (Å²) in [5.41, 5.74) is -0.265. The molecule has 0 atom stereocenters. The molecule has 0 radical (unpaired) electrons. The van der Waals surface area contributed by atoms with Gasteiger partial charge in [0.15, 0.2) is 0 Å². The average molecular weight is 198 g/mol. The third-order valence-corrected chi connectivity index (χ3v) is 1.65. The van der Waals surface area contributed by atoms with E-state index in [-0.39, 0.29) is 16.5 Å². The van der Waals surface area contributed by atoms with Gasteiger partial charge in [-0.05, 0) is 12.1 Å². The molecule has 2 rings (SSSR count). The molecule has 0 fully saturated rings. The fourth-order valence-electron chi connectivity index (χ4n) is 1.11. The summed E-state index contributed by atoms with van der Waals surface area (Å²) in [5.74, 6) is 0. The van der Waals surface area contributed by atoms with Crippen molar-refractivity contribution in [3.05, 3.63) is 45.1 Å². The number of benzene rings is 1. The maximum atomic E-state index is 11.1. The number of hydrogen-bond donors (Lipinski definition) is 2. The molecule has 0 unspecified atom stereocenters. The summed E-state index contributed by atoms with van der Waals surface area (Å²) in [6, 6.07) is 6.85. The number of rotatable bonds is 0. The summed E-state index contributed by atoms with van der Waals surface area (Å²) in [6.07, 6.45) is 0. The monoisotopic (exact) mass is 198 g/mol. The molecule has 0 spiro atoms. The van der Waals surface area contributed by atoms with Gasteiger partial charge in [0.2, 0.25) is 0 Å². The summed E-state index contributed by atoms with van der Waals surface area (Å²) < 4.78 is 0. The number of nitrogens with one attached hydrogen (secondary N) is 2. The average Bonchev–Trinajstić information content (AvgIpc) is 2.04. The van der Waals surface area contributed by atoms with Crippen LogP contribution in [0.4, 0.5) is 0 Å². The summed E-state index contributed by atoms with van der Waals surface area (Å²) in [6.45, 7) is 0. The lowest BCUT2D eigenvalue weighted by molar-refractivity contribution is 0.823. The first kappa shape index (κ1) is 12.1. The third kappa shape index (κ3) is 1.87. The Morgan fingerprint density at radius 2 is 1.57 bits per heavy atom. The zero-order valence-electron chi connectivity index (χ0n) is 7.13. The van der Waals surface area contributed by atoms with E-state index in [9.17, 15) is 9.59 Å². The molecule has 0 aliphatic carbocycles. The van der Waals surface area contributed by atoms with Gasteiger partial charge in [0.25, 0.3) is 5.56 Å². The Kier molecular flexibility index (Phi) is 3.76. The first-order chi connectivity index (χ1) is 5.77. The summed E-state index contributed by atoms with van der Waals surface area (Å²) in [7, 11) is 0. The van der Waals surface area contributed by atoms with Crippen molar-refractivity contribution < 1.29 is 11.0 Å². The zero-order chi connectivity index (χ0) is 8.55. The number of fused-ring (bicyclic) bond motifs is 1. The van der Waals surface area contributed by atoms with Crippen LogP contribution in [-0.2, 0) is 0 Å². The van der Waals surface area contributed by atoms with Gasteiger partial charge in [-0.15, -0.1) is 0 Å². The molecule has 0 aliphatic rings. The summed E-state index contributed by atoms with van der Waals surface area (Å²) in [5, 5.41) is 0.497. The van der Waals surface area contributed by atoms with Gasteiger partial charge in [-0.3, -0.25) is 9.78 Å². The van der Waals surface area contributed by atoms with E-state index in [2.05, 4.69) is 9.97 Å². The molecule has 0 aliphatic heterocycles. The highest BCUT2D eigenvalue weighted by atomic mass is 16.2. The Bertz CT molecular complexity index is 528. The van der Waals surface area contributed by atoms with Crippen molar-refractivity contribution in [1.29, 1.82) is 0 Å². The van der Waals surface area contributed by atoms with E-state index < -0.39 is 5.69 Å². The SMILES string of the molecule is O.O.O=c1[nH]c(=O)c2ccccc2[nH]1. The Hall–Kier alpha value is -1.92. The van der Waals surface area contributed by atoms with E-state index in [1.54, 1.807) is 24.3 Å². The molecule has 0 saturated carbocycles. The van der Waals surface area contributed by atoms with Crippen LogP contribution in [0.25, 0.3) is 10.9 Å². The second kappa shape index (κ2) is 4.35. The van der Waals surface area contributed by atoms with Gasteiger partial charge >= 0.3 is 5.69 Å². The van der Waals surface area contributed by atoms with Crippen molar-refractivity contribution >= 4 is 10.9 Å². The van der Waals surface area contributed by atoms with Crippen LogP contribution in [0.2, 0.25) is 0 Å². The van der Waals surface area contributed by atoms with Crippen LogP contribution in [0.3, 0.4) is 0 Å². The quantitative estimate of drug-likeness (QED) is 0.537. The summed E-state index contributed by atoms with van der Waals surface area (Å²) in [4.78, 5) is 26.6. The standard InChI is InChI=1S/C8H6N2O2.2H2O/c11-7-5-3-1-2-4-6(5)9-8(12)10-7;;/h1-4H,(H2,9,10,11,12);2*1H2. The van der Waals surface area contributed by atoms with E-state index in [1.165, 1.54) is 0 Å². The van der Waals surface area contributed by atoms with Crippen molar-refractivity contribution in [2.45, 2.75) is 0 Å². The fraction of sp³-hybridized carbons (Fsp3) is 0. The molecule has 1 heterocycles.